The molecule has 0 unspecified atom stereocenters. The molecular formula is C27H40N2O5. The van der Waals surface area contributed by atoms with Crippen LogP contribution in [0.3, 0.4) is 0 Å². The molecule has 0 radical (unpaired) electrons. The normalized spacial score (nSPS) is 23.8. The Labute approximate surface area is 203 Å². The second-order valence-corrected chi connectivity index (χ2v) is 10.5. The summed E-state index contributed by atoms with van der Waals surface area (Å²) in [5.41, 5.74) is 0.510. The first-order valence-corrected chi connectivity index (χ1v) is 12.6. The molecule has 1 saturated heterocycles. The lowest BCUT2D eigenvalue weighted by molar-refractivity contribution is -0.164. The molecule has 1 N–H and O–H groups in total. The Morgan fingerprint density at radius 2 is 1.85 bits per heavy atom. The van der Waals surface area contributed by atoms with E-state index in [-0.39, 0.29) is 30.5 Å². The topological polar surface area (TPSA) is 84.9 Å². The molecule has 1 aromatic carbocycles. The molecular weight excluding hydrogens is 432 g/mol. The Balaban J connectivity index is 1.72. The van der Waals surface area contributed by atoms with Crippen molar-refractivity contribution >= 4 is 17.8 Å². The van der Waals surface area contributed by atoms with Crippen molar-refractivity contribution in [3.63, 3.8) is 0 Å². The van der Waals surface area contributed by atoms with Gasteiger partial charge in [-0.15, -0.1) is 0 Å². The van der Waals surface area contributed by atoms with E-state index in [1.54, 1.807) is 18.7 Å². The number of esters is 2. The van der Waals surface area contributed by atoms with Crippen molar-refractivity contribution in [2.75, 3.05) is 6.61 Å². The van der Waals surface area contributed by atoms with Crippen LogP contribution in [-0.2, 0) is 30.3 Å². The molecule has 34 heavy (non-hydrogen) atoms. The summed E-state index contributed by atoms with van der Waals surface area (Å²) in [4.78, 5) is 41.1. The van der Waals surface area contributed by atoms with Crippen molar-refractivity contribution in [3.05, 3.63) is 35.9 Å². The van der Waals surface area contributed by atoms with Crippen LogP contribution in [0.15, 0.2) is 30.3 Å². The van der Waals surface area contributed by atoms with Gasteiger partial charge in [0.25, 0.3) is 0 Å². The molecule has 3 rings (SSSR count). The predicted octanol–water partition coefficient (Wildman–Crippen LogP) is 3.64. The number of likely N-dealkylation sites (tertiary alicyclic amines) is 1. The van der Waals surface area contributed by atoms with E-state index in [4.69, 9.17) is 9.47 Å². The van der Waals surface area contributed by atoms with Gasteiger partial charge in [0.2, 0.25) is 5.91 Å². The summed E-state index contributed by atoms with van der Waals surface area (Å²) in [6, 6.07) is 8.18. The van der Waals surface area contributed by atoms with Gasteiger partial charge >= 0.3 is 11.9 Å². The Kier molecular flexibility index (Phi) is 8.74. The number of rotatable bonds is 9. The zero-order valence-corrected chi connectivity index (χ0v) is 21.2. The molecule has 188 valence electrons. The van der Waals surface area contributed by atoms with Gasteiger partial charge in [-0.3, -0.25) is 14.9 Å². The number of nitrogens with one attached hydrogen (secondary N) is 1. The average Bonchev–Trinajstić information content (AvgIpc) is 3.37. The molecule has 0 spiro atoms. The number of benzene rings is 1. The fourth-order valence-electron chi connectivity index (χ4n) is 5.25. The van der Waals surface area contributed by atoms with Gasteiger partial charge < -0.3 is 14.4 Å². The van der Waals surface area contributed by atoms with E-state index in [9.17, 15) is 14.4 Å². The van der Waals surface area contributed by atoms with Gasteiger partial charge in [-0.05, 0) is 78.2 Å². The number of fused-ring (bicyclic) bond motifs is 1. The van der Waals surface area contributed by atoms with Crippen LogP contribution in [0.25, 0.3) is 0 Å². The summed E-state index contributed by atoms with van der Waals surface area (Å²) < 4.78 is 10.9. The maximum absolute atomic E-state index is 13.7. The largest absolute Gasteiger partial charge is 0.465 e. The molecule has 0 aromatic heterocycles. The van der Waals surface area contributed by atoms with Crippen LogP contribution in [0.4, 0.5) is 0 Å². The molecule has 1 aliphatic carbocycles. The number of carbonyl (C=O) groups is 3. The van der Waals surface area contributed by atoms with Crippen LogP contribution in [0.5, 0.6) is 0 Å². The second-order valence-electron chi connectivity index (χ2n) is 10.5. The molecule has 1 saturated carbocycles. The fourth-order valence-corrected chi connectivity index (χ4v) is 5.25. The Morgan fingerprint density at radius 3 is 2.50 bits per heavy atom. The first-order valence-electron chi connectivity index (χ1n) is 12.6. The molecule has 2 aliphatic rings. The monoisotopic (exact) mass is 472 g/mol. The number of aryl methyl sites for hydroxylation is 1. The number of nitrogens with zero attached hydrogens (tertiary/aromatic N) is 1. The summed E-state index contributed by atoms with van der Waals surface area (Å²) in [5.74, 6) is -0.526. The molecule has 1 aliphatic heterocycles. The van der Waals surface area contributed by atoms with Crippen LogP contribution in [0.1, 0.15) is 72.3 Å². The third-order valence-electron chi connectivity index (χ3n) is 6.73. The summed E-state index contributed by atoms with van der Waals surface area (Å²) >= 11 is 0. The molecule has 7 heteroatoms. The lowest BCUT2D eigenvalue weighted by atomic mass is 10.0. The van der Waals surface area contributed by atoms with Gasteiger partial charge in [0.05, 0.1) is 12.6 Å². The van der Waals surface area contributed by atoms with Crippen molar-refractivity contribution in [3.8, 4) is 0 Å². The van der Waals surface area contributed by atoms with Gasteiger partial charge in [-0.25, -0.2) is 4.79 Å². The number of carbonyl (C=O) groups excluding carboxylic acids is 3. The summed E-state index contributed by atoms with van der Waals surface area (Å²) in [5, 5.41) is 3.22. The van der Waals surface area contributed by atoms with E-state index in [0.717, 1.165) is 24.8 Å². The zero-order chi connectivity index (χ0) is 24.9. The lowest BCUT2D eigenvalue weighted by Gasteiger charge is -2.33. The smallest absolute Gasteiger partial charge is 0.329 e. The van der Waals surface area contributed by atoms with Crippen LogP contribution in [0.2, 0.25) is 0 Å². The first kappa shape index (κ1) is 26.2. The average molecular weight is 473 g/mol. The minimum atomic E-state index is -0.630. The third-order valence-corrected chi connectivity index (χ3v) is 6.73. The molecule has 5 atom stereocenters. The van der Waals surface area contributed by atoms with E-state index < -0.39 is 23.7 Å². The number of hydrogen-bond donors (Lipinski definition) is 1. The van der Waals surface area contributed by atoms with E-state index in [2.05, 4.69) is 5.32 Å². The maximum atomic E-state index is 13.7. The molecule has 0 bridgehead atoms. The van der Waals surface area contributed by atoms with Crippen LogP contribution >= 0.6 is 0 Å². The molecule has 1 aromatic rings. The van der Waals surface area contributed by atoms with Crippen LogP contribution in [-0.4, -0.2) is 59.1 Å². The highest BCUT2D eigenvalue weighted by atomic mass is 16.6. The first-order chi connectivity index (χ1) is 16.1. The van der Waals surface area contributed by atoms with E-state index in [0.29, 0.717) is 25.2 Å². The van der Waals surface area contributed by atoms with E-state index >= 15 is 0 Å². The van der Waals surface area contributed by atoms with Gasteiger partial charge in [-0.1, -0.05) is 36.8 Å². The van der Waals surface area contributed by atoms with Crippen molar-refractivity contribution < 1.29 is 23.9 Å². The molecule has 7 nitrogen and oxygen atoms in total. The number of hydrogen-bond acceptors (Lipinski definition) is 6. The molecule has 2 fully saturated rings. The minimum Gasteiger partial charge on any atom is -0.465 e. The van der Waals surface area contributed by atoms with Crippen molar-refractivity contribution in [1.82, 2.24) is 10.2 Å². The van der Waals surface area contributed by atoms with Gasteiger partial charge in [-0.2, -0.15) is 0 Å². The van der Waals surface area contributed by atoms with Gasteiger partial charge in [0, 0.05) is 6.04 Å². The maximum Gasteiger partial charge on any atom is 0.329 e. The van der Waals surface area contributed by atoms with Gasteiger partial charge in [0.15, 0.2) is 0 Å². The second kappa shape index (κ2) is 11.3. The zero-order valence-electron chi connectivity index (χ0n) is 21.2. The van der Waals surface area contributed by atoms with Crippen molar-refractivity contribution in [1.29, 1.82) is 0 Å². The fraction of sp³-hybridized carbons (Fsp3) is 0.667. The summed E-state index contributed by atoms with van der Waals surface area (Å²) in [7, 11) is 0. The number of amides is 1. The number of ether oxygens (including phenoxy) is 2. The van der Waals surface area contributed by atoms with Crippen molar-refractivity contribution in [2.45, 2.75) is 103 Å². The highest BCUT2D eigenvalue weighted by Crippen LogP contribution is 2.42. The Hall–Kier alpha value is -2.41. The standard InChI is InChI=1S/C27H40N2O5/c1-6-33-25(31)21(16-15-19-11-8-7-9-12-19)28-18(2)24(30)29-22-14-10-13-20(22)17-23(29)26(32)34-27(3,4)5/h7-9,11-12,18,20-23,28H,6,10,13-17H2,1-5H3/t18-,20-,21-,22-,23-/m0/s1. The summed E-state index contributed by atoms with van der Waals surface area (Å²) in [6.45, 7) is 9.35. The Morgan fingerprint density at radius 1 is 1.15 bits per heavy atom. The lowest BCUT2D eigenvalue weighted by Crippen LogP contribution is -2.55. The van der Waals surface area contributed by atoms with Crippen LogP contribution < -0.4 is 5.32 Å². The van der Waals surface area contributed by atoms with E-state index in [1.165, 1.54) is 0 Å². The Bertz CT molecular complexity index is 850. The van der Waals surface area contributed by atoms with E-state index in [1.807, 2.05) is 51.1 Å². The third kappa shape index (κ3) is 6.59. The van der Waals surface area contributed by atoms with Crippen molar-refractivity contribution in [2.24, 2.45) is 5.92 Å². The van der Waals surface area contributed by atoms with Crippen LogP contribution in [0, 0.1) is 5.92 Å². The highest BCUT2D eigenvalue weighted by molar-refractivity contribution is 5.89. The molecule has 1 amide bonds. The minimum absolute atomic E-state index is 0.0552. The predicted molar refractivity (Wildman–Crippen MR) is 130 cm³/mol. The highest BCUT2D eigenvalue weighted by Gasteiger charge is 2.50. The summed E-state index contributed by atoms with van der Waals surface area (Å²) in [6.07, 6.45) is 4.84. The SMILES string of the molecule is CCOC(=O)[C@H](CCc1ccccc1)N[C@@H](C)C(=O)N1[C@H](C(=O)OC(C)(C)C)C[C@@H]2CCC[C@@H]21. The quantitative estimate of drug-likeness (QED) is 0.553. The van der Waals surface area contributed by atoms with Gasteiger partial charge in [0.1, 0.15) is 17.7 Å². The molecule has 1 heterocycles.